The van der Waals surface area contributed by atoms with E-state index in [0.717, 1.165) is 52.3 Å². The van der Waals surface area contributed by atoms with E-state index in [1.165, 1.54) is 0 Å². The average molecular weight is 366 g/mol. The number of anilines is 1. The lowest BCUT2D eigenvalue weighted by Gasteiger charge is -2.23. The highest BCUT2D eigenvalue weighted by molar-refractivity contribution is 7.22. The van der Waals surface area contributed by atoms with Gasteiger partial charge in [0, 0.05) is 12.0 Å². The zero-order valence-electron chi connectivity index (χ0n) is 14.9. The molecule has 1 aliphatic rings. The van der Waals surface area contributed by atoms with E-state index < -0.39 is 0 Å². The molecule has 0 aliphatic heterocycles. The molecule has 0 atom stereocenters. The van der Waals surface area contributed by atoms with Crippen molar-refractivity contribution in [3.8, 4) is 5.75 Å². The van der Waals surface area contributed by atoms with Gasteiger partial charge >= 0.3 is 0 Å². The predicted octanol–water partition coefficient (Wildman–Crippen LogP) is 5.03. The summed E-state index contributed by atoms with van der Waals surface area (Å²) >= 11 is 1.57. The molecule has 2 aromatic carbocycles. The molecule has 0 unspecified atom stereocenters. The highest BCUT2D eigenvalue weighted by Crippen LogP contribution is 2.35. The minimum Gasteiger partial charge on any atom is -0.497 e. The Bertz CT molecular complexity index is 901. The number of amides is 1. The number of ether oxygens (including phenoxy) is 1. The number of hydrogen-bond donors (Lipinski definition) is 0. The van der Waals surface area contributed by atoms with Gasteiger partial charge in [0.25, 0.3) is 0 Å². The maximum Gasteiger partial charge on any atom is 0.232 e. The summed E-state index contributed by atoms with van der Waals surface area (Å²) in [6.07, 6.45) is 4.27. The maximum absolute atomic E-state index is 13.2. The molecule has 1 aromatic heterocycles. The van der Waals surface area contributed by atoms with Gasteiger partial charge in [0.05, 0.1) is 23.9 Å². The highest BCUT2D eigenvalue weighted by Gasteiger charge is 2.29. The molecular formula is C21H22N2O2S. The number of nitrogens with zero attached hydrogens (tertiary/aromatic N) is 2. The standard InChI is InChI=1S/C21H22N2O2S/c1-25-17-11-12-19-18(13-17)22-21(26-19)23(14-15-7-3-2-4-8-15)20(24)16-9-5-6-10-16/h2-4,7-8,11-13,16H,5-6,9-10,14H2,1H3. The van der Waals surface area contributed by atoms with Crippen LogP contribution in [-0.4, -0.2) is 18.0 Å². The Hall–Kier alpha value is -2.40. The van der Waals surface area contributed by atoms with Crippen molar-refractivity contribution in [1.29, 1.82) is 0 Å². The van der Waals surface area contributed by atoms with E-state index in [0.29, 0.717) is 6.54 Å². The number of carbonyl (C=O) groups excluding carboxylic acids is 1. The highest BCUT2D eigenvalue weighted by atomic mass is 32.1. The molecule has 0 radical (unpaired) electrons. The van der Waals surface area contributed by atoms with Crippen molar-refractivity contribution in [3.63, 3.8) is 0 Å². The van der Waals surface area contributed by atoms with Crippen molar-refractivity contribution in [2.75, 3.05) is 12.0 Å². The van der Waals surface area contributed by atoms with Crippen molar-refractivity contribution in [2.24, 2.45) is 5.92 Å². The smallest absolute Gasteiger partial charge is 0.232 e. The molecule has 5 heteroatoms. The van der Waals surface area contributed by atoms with E-state index >= 15 is 0 Å². The van der Waals surface area contributed by atoms with Gasteiger partial charge in [-0.1, -0.05) is 54.5 Å². The minimum atomic E-state index is 0.125. The van der Waals surface area contributed by atoms with Gasteiger partial charge in [-0.25, -0.2) is 4.98 Å². The quantitative estimate of drug-likeness (QED) is 0.636. The Labute approximate surface area is 157 Å². The molecule has 3 aromatic rings. The van der Waals surface area contributed by atoms with Crippen LogP contribution in [-0.2, 0) is 11.3 Å². The number of thiazole rings is 1. The number of benzene rings is 2. The van der Waals surface area contributed by atoms with Gasteiger partial charge in [-0.05, 0) is 30.5 Å². The Morgan fingerprint density at radius 3 is 2.69 bits per heavy atom. The summed E-state index contributed by atoms with van der Waals surface area (Å²) in [6, 6.07) is 16.0. The zero-order chi connectivity index (χ0) is 17.9. The van der Waals surface area contributed by atoms with Crippen molar-refractivity contribution < 1.29 is 9.53 Å². The molecule has 0 spiro atoms. The van der Waals surface area contributed by atoms with Crippen LogP contribution in [0.3, 0.4) is 0 Å². The van der Waals surface area contributed by atoms with Crippen molar-refractivity contribution in [3.05, 3.63) is 54.1 Å². The molecule has 1 saturated carbocycles. The Morgan fingerprint density at radius 2 is 1.96 bits per heavy atom. The van der Waals surface area contributed by atoms with E-state index in [1.54, 1.807) is 18.4 Å². The molecule has 0 saturated heterocycles. The maximum atomic E-state index is 13.2. The molecule has 1 fully saturated rings. The third kappa shape index (κ3) is 3.44. The Kier molecular flexibility index (Phi) is 4.89. The van der Waals surface area contributed by atoms with Crippen molar-refractivity contribution in [1.82, 2.24) is 4.98 Å². The first-order chi connectivity index (χ1) is 12.7. The van der Waals surface area contributed by atoms with Gasteiger partial charge in [-0.15, -0.1) is 0 Å². The first-order valence-corrected chi connectivity index (χ1v) is 9.86. The van der Waals surface area contributed by atoms with Crippen molar-refractivity contribution in [2.45, 2.75) is 32.2 Å². The normalized spacial score (nSPS) is 14.7. The first kappa shape index (κ1) is 17.0. The number of rotatable bonds is 5. The van der Waals surface area contributed by atoms with Gasteiger partial charge in [-0.2, -0.15) is 0 Å². The summed E-state index contributed by atoms with van der Waals surface area (Å²) in [6.45, 7) is 0.563. The summed E-state index contributed by atoms with van der Waals surface area (Å²) in [5.41, 5.74) is 2.00. The minimum absolute atomic E-state index is 0.125. The van der Waals surface area contributed by atoms with Crippen LogP contribution in [0.1, 0.15) is 31.2 Å². The summed E-state index contributed by atoms with van der Waals surface area (Å²) in [5.74, 6) is 1.11. The second-order valence-corrected chi connectivity index (χ2v) is 7.73. The SMILES string of the molecule is COc1ccc2sc(N(Cc3ccccc3)C(=O)C3CCCC3)nc2c1. The topological polar surface area (TPSA) is 42.4 Å². The van der Waals surface area contributed by atoms with E-state index in [4.69, 9.17) is 9.72 Å². The second-order valence-electron chi connectivity index (χ2n) is 6.72. The fourth-order valence-corrected chi connectivity index (χ4v) is 4.49. The lowest BCUT2D eigenvalue weighted by Crippen LogP contribution is -2.34. The number of fused-ring (bicyclic) bond motifs is 1. The fourth-order valence-electron chi connectivity index (χ4n) is 3.54. The largest absolute Gasteiger partial charge is 0.497 e. The van der Waals surface area contributed by atoms with E-state index in [-0.39, 0.29) is 11.8 Å². The predicted molar refractivity (Wildman–Crippen MR) is 106 cm³/mol. The summed E-state index contributed by atoms with van der Waals surface area (Å²) in [4.78, 5) is 19.8. The van der Waals surface area contributed by atoms with Crippen LogP contribution in [0.25, 0.3) is 10.2 Å². The van der Waals surface area contributed by atoms with E-state index in [2.05, 4.69) is 12.1 Å². The van der Waals surface area contributed by atoms with E-state index in [1.807, 2.05) is 41.3 Å². The molecule has 1 heterocycles. The summed E-state index contributed by atoms with van der Waals surface area (Å²) < 4.78 is 6.37. The number of methoxy groups -OCH3 is 1. The van der Waals surface area contributed by atoms with E-state index in [9.17, 15) is 4.79 Å². The molecule has 0 bridgehead atoms. The summed E-state index contributed by atoms with van der Waals surface area (Å²) in [5, 5.41) is 0.772. The van der Waals surface area contributed by atoms with Crippen LogP contribution in [0.2, 0.25) is 0 Å². The van der Waals surface area contributed by atoms with Crippen LogP contribution in [0.4, 0.5) is 5.13 Å². The van der Waals surface area contributed by atoms with Crippen LogP contribution >= 0.6 is 11.3 Å². The van der Waals surface area contributed by atoms with Gasteiger partial charge in [0.15, 0.2) is 5.13 Å². The molecule has 4 rings (SSSR count). The third-order valence-corrected chi connectivity index (χ3v) is 6.03. The van der Waals surface area contributed by atoms with Gasteiger partial charge in [-0.3, -0.25) is 9.69 Å². The molecule has 1 aliphatic carbocycles. The molecular weight excluding hydrogens is 344 g/mol. The van der Waals surface area contributed by atoms with Gasteiger partial charge in [0.2, 0.25) is 5.91 Å². The first-order valence-electron chi connectivity index (χ1n) is 9.04. The molecule has 134 valence electrons. The monoisotopic (exact) mass is 366 g/mol. The van der Waals surface area contributed by atoms with Crippen molar-refractivity contribution >= 4 is 32.6 Å². The third-order valence-electron chi connectivity index (χ3n) is 4.97. The zero-order valence-corrected chi connectivity index (χ0v) is 15.7. The molecule has 26 heavy (non-hydrogen) atoms. The number of carbonyl (C=O) groups is 1. The number of aromatic nitrogens is 1. The van der Waals surface area contributed by atoms with Crippen LogP contribution in [0.5, 0.6) is 5.75 Å². The van der Waals surface area contributed by atoms with Crippen LogP contribution < -0.4 is 9.64 Å². The lowest BCUT2D eigenvalue weighted by molar-refractivity contribution is -0.122. The molecule has 1 amide bonds. The lowest BCUT2D eigenvalue weighted by atomic mass is 10.1. The van der Waals surface area contributed by atoms with Crippen LogP contribution in [0, 0.1) is 5.92 Å². The van der Waals surface area contributed by atoms with Gasteiger partial charge < -0.3 is 4.74 Å². The average Bonchev–Trinajstić information content (AvgIpc) is 3.35. The Morgan fingerprint density at radius 1 is 1.19 bits per heavy atom. The fraction of sp³-hybridized carbons (Fsp3) is 0.333. The number of hydrogen-bond acceptors (Lipinski definition) is 4. The molecule has 0 N–H and O–H groups in total. The van der Waals surface area contributed by atoms with Crippen LogP contribution in [0.15, 0.2) is 48.5 Å². The summed E-state index contributed by atoms with van der Waals surface area (Å²) in [7, 11) is 1.65. The van der Waals surface area contributed by atoms with Gasteiger partial charge in [0.1, 0.15) is 5.75 Å². The molecule has 4 nitrogen and oxygen atoms in total. The second kappa shape index (κ2) is 7.46. The Balaban J connectivity index is 1.70.